The lowest BCUT2D eigenvalue weighted by Gasteiger charge is -2.10. The Labute approximate surface area is 156 Å². The molecule has 0 radical (unpaired) electrons. The van der Waals surface area contributed by atoms with Gasteiger partial charge in [-0.25, -0.2) is 0 Å². The predicted molar refractivity (Wildman–Crippen MR) is 103 cm³/mol. The summed E-state index contributed by atoms with van der Waals surface area (Å²) < 4.78 is 7.26. The Bertz CT molecular complexity index is 880. The van der Waals surface area contributed by atoms with Gasteiger partial charge >= 0.3 is 0 Å². The van der Waals surface area contributed by atoms with Crippen molar-refractivity contribution in [3.8, 4) is 17.1 Å². The minimum atomic E-state index is -0.119. The Kier molecular flexibility index (Phi) is 5.91. The number of methoxy groups -OCH3 is 1. The van der Waals surface area contributed by atoms with Crippen LogP contribution in [0, 0.1) is 0 Å². The van der Waals surface area contributed by atoms with Crippen LogP contribution >= 0.6 is 11.8 Å². The molecule has 1 amide bonds. The fourth-order valence-corrected chi connectivity index (χ4v) is 3.35. The van der Waals surface area contributed by atoms with Gasteiger partial charge in [-0.3, -0.25) is 4.79 Å². The molecule has 6 nitrogen and oxygen atoms in total. The SMILES string of the molecule is CCn1c(SCC(=O)Nc2ccccc2OC)nnc1-c1ccccc1. The second-order valence-electron chi connectivity index (χ2n) is 5.45. The van der Waals surface area contributed by atoms with E-state index in [0.717, 1.165) is 23.1 Å². The fourth-order valence-electron chi connectivity index (χ4n) is 2.55. The number of nitrogens with one attached hydrogen (secondary N) is 1. The van der Waals surface area contributed by atoms with Gasteiger partial charge in [0.1, 0.15) is 5.75 Å². The van der Waals surface area contributed by atoms with Crippen molar-refractivity contribution in [1.29, 1.82) is 0 Å². The molecule has 26 heavy (non-hydrogen) atoms. The molecule has 0 aliphatic heterocycles. The van der Waals surface area contributed by atoms with Crippen molar-refractivity contribution in [1.82, 2.24) is 14.8 Å². The lowest BCUT2D eigenvalue weighted by atomic mass is 10.2. The molecule has 0 saturated heterocycles. The number of hydrogen-bond donors (Lipinski definition) is 1. The maximum absolute atomic E-state index is 12.3. The molecule has 0 aliphatic rings. The maximum atomic E-state index is 12.3. The minimum absolute atomic E-state index is 0.119. The molecule has 134 valence electrons. The molecule has 0 spiro atoms. The molecule has 0 fully saturated rings. The molecule has 1 heterocycles. The topological polar surface area (TPSA) is 69.0 Å². The molecular weight excluding hydrogens is 348 g/mol. The van der Waals surface area contributed by atoms with Crippen molar-refractivity contribution < 1.29 is 9.53 Å². The van der Waals surface area contributed by atoms with Crippen molar-refractivity contribution in [3.63, 3.8) is 0 Å². The molecule has 0 bridgehead atoms. The van der Waals surface area contributed by atoms with Crippen LogP contribution in [-0.4, -0.2) is 33.5 Å². The van der Waals surface area contributed by atoms with Crippen LogP contribution in [0.5, 0.6) is 5.75 Å². The summed E-state index contributed by atoms with van der Waals surface area (Å²) in [4.78, 5) is 12.3. The highest BCUT2D eigenvalue weighted by molar-refractivity contribution is 7.99. The second kappa shape index (κ2) is 8.53. The Balaban J connectivity index is 1.68. The highest BCUT2D eigenvalue weighted by Crippen LogP contribution is 2.25. The zero-order chi connectivity index (χ0) is 18.4. The van der Waals surface area contributed by atoms with Gasteiger partial charge in [-0.05, 0) is 19.1 Å². The Morgan fingerprint density at radius 3 is 2.58 bits per heavy atom. The monoisotopic (exact) mass is 368 g/mol. The van der Waals surface area contributed by atoms with Crippen molar-refractivity contribution in [3.05, 3.63) is 54.6 Å². The van der Waals surface area contributed by atoms with E-state index < -0.39 is 0 Å². The summed E-state index contributed by atoms with van der Waals surface area (Å²) in [5, 5.41) is 12.1. The lowest BCUT2D eigenvalue weighted by Crippen LogP contribution is -2.15. The van der Waals surface area contributed by atoms with Crippen LogP contribution in [0.4, 0.5) is 5.69 Å². The lowest BCUT2D eigenvalue weighted by molar-refractivity contribution is -0.113. The van der Waals surface area contributed by atoms with Crippen molar-refractivity contribution in [2.45, 2.75) is 18.6 Å². The predicted octanol–water partition coefficient (Wildman–Crippen LogP) is 3.70. The van der Waals surface area contributed by atoms with E-state index in [2.05, 4.69) is 15.5 Å². The number of para-hydroxylation sites is 2. The number of rotatable bonds is 7. The molecular formula is C19H20N4O2S. The Morgan fingerprint density at radius 2 is 1.85 bits per heavy atom. The van der Waals surface area contributed by atoms with E-state index in [1.807, 2.05) is 66.1 Å². The molecule has 0 saturated carbocycles. The van der Waals surface area contributed by atoms with Crippen LogP contribution in [-0.2, 0) is 11.3 Å². The summed E-state index contributed by atoms with van der Waals surface area (Å²) in [6, 6.07) is 17.2. The first kappa shape index (κ1) is 18.0. The molecule has 1 aromatic heterocycles. The van der Waals surface area contributed by atoms with Crippen LogP contribution in [0.2, 0.25) is 0 Å². The van der Waals surface area contributed by atoms with Crippen LogP contribution in [0.25, 0.3) is 11.4 Å². The Hall–Kier alpha value is -2.80. The van der Waals surface area contributed by atoms with Gasteiger partial charge in [0.15, 0.2) is 11.0 Å². The molecule has 0 atom stereocenters. The molecule has 0 aliphatic carbocycles. The number of anilines is 1. The smallest absolute Gasteiger partial charge is 0.234 e. The van der Waals surface area contributed by atoms with Gasteiger partial charge < -0.3 is 14.6 Å². The first-order valence-electron chi connectivity index (χ1n) is 8.27. The number of carbonyl (C=O) groups is 1. The summed E-state index contributed by atoms with van der Waals surface area (Å²) in [5.74, 6) is 1.56. The molecule has 2 aromatic carbocycles. The number of hydrogen-bond acceptors (Lipinski definition) is 5. The number of carbonyl (C=O) groups excluding carboxylic acids is 1. The second-order valence-corrected chi connectivity index (χ2v) is 6.40. The third-order valence-electron chi connectivity index (χ3n) is 3.78. The van der Waals surface area contributed by atoms with E-state index in [-0.39, 0.29) is 11.7 Å². The van der Waals surface area contributed by atoms with Gasteiger partial charge in [0, 0.05) is 12.1 Å². The number of nitrogens with zero attached hydrogens (tertiary/aromatic N) is 3. The Morgan fingerprint density at radius 1 is 1.12 bits per heavy atom. The third kappa shape index (κ3) is 4.05. The molecule has 3 rings (SSSR count). The quantitative estimate of drug-likeness (QED) is 0.644. The molecule has 7 heteroatoms. The van der Waals surface area contributed by atoms with Crippen LogP contribution in [0.3, 0.4) is 0 Å². The van der Waals surface area contributed by atoms with Crippen LogP contribution in [0.15, 0.2) is 59.8 Å². The summed E-state index contributed by atoms with van der Waals surface area (Å²) >= 11 is 1.36. The van der Waals surface area contributed by atoms with Gasteiger partial charge in [-0.2, -0.15) is 0 Å². The van der Waals surface area contributed by atoms with Crippen LogP contribution < -0.4 is 10.1 Å². The highest BCUT2D eigenvalue weighted by atomic mass is 32.2. The van der Waals surface area contributed by atoms with Crippen molar-refractivity contribution >= 4 is 23.4 Å². The molecule has 1 N–H and O–H groups in total. The average molecular weight is 368 g/mol. The summed E-state index contributed by atoms with van der Waals surface area (Å²) in [7, 11) is 1.58. The molecule has 3 aromatic rings. The number of amides is 1. The highest BCUT2D eigenvalue weighted by Gasteiger charge is 2.15. The van der Waals surface area contributed by atoms with E-state index in [1.165, 1.54) is 11.8 Å². The summed E-state index contributed by atoms with van der Waals surface area (Å²) in [5.41, 5.74) is 1.66. The van der Waals surface area contributed by atoms with Gasteiger partial charge in [0.05, 0.1) is 18.6 Å². The maximum Gasteiger partial charge on any atom is 0.234 e. The zero-order valence-electron chi connectivity index (χ0n) is 14.7. The van der Waals surface area contributed by atoms with Gasteiger partial charge in [0.2, 0.25) is 5.91 Å². The van der Waals surface area contributed by atoms with Crippen molar-refractivity contribution in [2.24, 2.45) is 0 Å². The number of aromatic nitrogens is 3. The van der Waals surface area contributed by atoms with E-state index in [1.54, 1.807) is 7.11 Å². The van der Waals surface area contributed by atoms with E-state index >= 15 is 0 Å². The molecule has 0 unspecified atom stereocenters. The van der Waals surface area contributed by atoms with E-state index in [9.17, 15) is 4.79 Å². The number of thioether (sulfide) groups is 1. The standard InChI is InChI=1S/C19H20N4O2S/c1-3-23-18(14-9-5-4-6-10-14)21-22-19(23)26-13-17(24)20-15-11-7-8-12-16(15)25-2/h4-12H,3,13H2,1-2H3,(H,20,24). The minimum Gasteiger partial charge on any atom is -0.495 e. The van der Waals surface area contributed by atoms with Gasteiger partial charge in [-0.1, -0.05) is 54.2 Å². The first-order chi connectivity index (χ1) is 12.7. The summed E-state index contributed by atoms with van der Waals surface area (Å²) in [6.45, 7) is 2.77. The third-order valence-corrected chi connectivity index (χ3v) is 4.75. The number of ether oxygens (including phenoxy) is 1. The number of benzene rings is 2. The van der Waals surface area contributed by atoms with Gasteiger partial charge in [0.25, 0.3) is 0 Å². The summed E-state index contributed by atoms with van der Waals surface area (Å²) in [6.07, 6.45) is 0. The van der Waals surface area contributed by atoms with Crippen molar-refractivity contribution in [2.75, 3.05) is 18.2 Å². The average Bonchev–Trinajstić information content (AvgIpc) is 3.10. The normalized spacial score (nSPS) is 10.5. The largest absolute Gasteiger partial charge is 0.495 e. The zero-order valence-corrected chi connectivity index (χ0v) is 15.5. The van der Waals surface area contributed by atoms with E-state index in [4.69, 9.17) is 4.74 Å². The fraction of sp³-hybridized carbons (Fsp3) is 0.211. The first-order valence-corrected chi connectivity index (χ1v) is 9.25. The van der Waals surface area contributed by atoms with Crippen LogP contribution in [0.1, 0.15) is 6.92 Å². The van der Waals surface area contributed by atoms with Gasteiger partial charge in [-0.15, -0.1) is 10.2 Å². The van der Waals surface area contributed by atoms with E-state index in [0.29, 0.717) is 11.4 Å².